The standard InChI is InChI=1S/C12H11ClN2O2S/c1-7-5-18-12(11(7)13)9(16)3-8-4-10(17-2)15-6-14-8/h4-6H,3H2,1-2H3. The normalized spacial score (nSPS) is 10.4. The van der Waals surface area contributed by atoms with Crippen LogP contribution in [-0.2, 0) is 6.42 Å². The van der Waals surface area contributed by atoms with Gasteiger partial charge < -0.3 is 4.74 Å². The highest BCUT2D eigenvalue weighted by molar-refractivity contribution is 7.13. The summed E-state index contributed by atoms with van der Waals surface area (Å²) < 4.78 is 4.98. The summed E-state index contributed by atoms with van der Waals surface area (Å²) in [6, 6.07) is 1.65. The third kappa shape index (κ3) is 2.68. The molecule has 6 heteroatoms. The summed E-state index contributed by atoms with van der Waals surface area (Å²) in [5.41, 5.74) is 1.54. The van der Waals surface area contributed by atoms with Crippen molar-refractivity contribution in [2.24, 2.45) is 0 Å². The average molecular weight is 283 g/mol. The summed E-state index contributed by atoms with van der Waals surface area (Å²) >= 11 is 7.42. The third-order valence-electron chi connectivity index (χ3n) is 2.40. The lowest BCUT2D eigenvalue weighted by molar-refractivity contribution is 0.0996. The van der Waals surface area contributed by atoms with Gasteiger partial charge in [0.2, 0.25) is 5.88 Å². The van der Waals surface area contributed by atoms with Crippen LogP contribution in [0.4, 0.5) is 0 Å². The second-order valence-corrected chi connectivity index (χ2v) is 4.97. The molecule has 94 valence electrons. The Hall–Kier alpha value is -1.46. The highest BCUT2D eigenvalue weighted by Gasteiger charge is 2.16. The minimum Gasteiger partial charge on any atom is -0.481 e. The number of thiophene rings is 1. The number of carbonyl (C=O) groups excluding carboxylic acids is 1. The first kappa shape index (κ1) is 13.0. The molecule has 0 aliphatic carbocycles. The van der Waals surface area contributed by atoms with Crippen molar-refractivity contribution in [3.63, 3.8) is 0 Å². The molecule has 0 atom stereocenters. The number of carbonyl (C=O) groups is 1. The zero-order valence-electron chi connectivity index (χ0n) is 9.94. The first-order chi connectivity index (χ1) is 8.61. The van der Waals surface area contributed by atoms with Crippen LogP contribution in [-0.4, -0.2) is 22.9 Å². The van der Waals surface area contributed by atoms with E-state index in [9.17, 15) is 4.79 Å². The van der Waals surface area contributed by atoms with Crippen LogP contribution in [0.1, 0.15) is 20.9 Å². The van der Waals surface area contributed by atoms with Gasteiger partial charge in [-0.3, -0.25) is 4.79 Å². The lowest BCUT2D eigenvalue weighted by atomic mass is 10.1. The van der Waals surface area contributed by atoms with Gasteiger partial charge in [-0.25, -0.2) is 9.97 Å². The topological polar surface area (TPSA) is 52.1 Å². The number of methoxy groups -OCH3 is 1. The molecular weight excluding hydrogens is 272 g/mol. The Bertz CT molecular complexity index is 583. The fraction of sp³-hybridized carbons (Fsp3) is 0.250. The summed E-state index contributed by atoms with van der Waals surface area (Å²) in [6.45, 7) is 1.88. The maximum absolute atomic E-state index is 12.1. The van der Waals surface area contributed by atoms with Crippen molar-refractivity contribution < 1.29 is 9.53 Å². The van der Waals surface area contributed by atoms with Crippen molar-refractivity contribution in [1.82, 2.24) is 9.97 Å². The molecule has 0 aromatic carbocycles. The summed E-state index contributed by atoms with van der Waals surface area (Å²) in [5.74, 6) is 0.403. The summed E-state index contributed by atoms with van der Waals surface area (Å²) in [7, 11) is 1.52. The average Bonchev–Trinajstić information content (AvgIpc) is 2.70. The van der Waals surface area contributed by atoms with E-state index in [0.29, 0.717) is 21.5 Å². The van der Waals surface area contributed by atoms with E-state index in [2.05, 4.69) is 9.97 Å². The van der Waals surface area contributed by atoms with E-state index in [0.717, 1.165) is 5.56 Å². The SMILES string of the molecule is COc1cc(CC(=O)c2scc(C)c2Cl)ncn1. The third-order valence-corrected chi connectivity index (χ3v) is 4.14. The maximum Gasteiger partial charge on any atom is 0.216 e. The number of ketones is 1. The molecule has 0 aliphatic heterocycles. The Kier molecular flexibility index (Phi) is 3.93. The van der Waals surface area contributed by atoms with Crippen LogP contribution >= 0.6 is 22.9 Å². The van der Waals surface area contributed by atoms with E-state index >= 15 is 0 Å². The minimum atomic E-state index is -0.0427. The Labute approximate surface area is 114 Å². The van der Waals surface area contributed by atoms with Gasteiger partial charge in [-0.1, -0.05) is 11.6 Å². The van der Waals surface area contributed by atoms with Crippen molar-refractivity contribution in [3.05, 3.63) is 38.9 Å². The monoisotopic (exact) mass is 282 g/mol. The van der Waals surface area contributed by atoms with Gasteiger partial charge in [0, 0.05) is 6.07 Å². The van der Waals surface area contributed by atoms with Gasteiger partial charge in [-0.05, 0) is 17.9 Å². The lowest BCUT2D eigenvalue weighted by Crippen LogP contribution is -2.04. The Morgan fingerprint density at radius 2 is 2.28 bits per heavy atom. The molecule has 0 bridgehead atoms. The number of aryl methyl sites for hydroxylation is 1. The quantitative estimate of drug-likeness (QED) is 0.809. The highest BCUT2D eigenvalue weighted by atomic mass is 35.5. The molecule has 2 aromatic heterocycles. The lowest BCUT2D eigenvalue weighted by Gasteiger charge is -2.02. The number of ether oxygens (including phenoxy) is 1. The summed E-state index contributed by atoms with van der Waals surface area (Å²) in [6.07, 6.45) is 1.57. The number of Topliss-reactive ketones (excluding diaryl/α,β-unsaturated/α-hetero) is 1. The largest absolute Gasteiger partial charge is 0.481 e. The minimum absolute atomic E-state index is 0.0427. The Morgan fingerprint density at radius 3 is 2.89 bits per heavy atom. The zero-order chi connectivity index (χ0) is 13.1. The van der Waals surface area contributed by atoms with Gasteiger partial charge in [-0.15, -0.1) is 11.3 Å². The number of halogens is 1. The number of hydrogen-bond acceptors (Lipinski definition) is 5. The molecule has 0 saturated carbocycles. The number of nitrogens with zero attached hydrogens (tertiary/aromatic N) is 2. The molecule has 18 heavy (non-hydrogen) atoms. The molecule has 2 heterocycles. The fourth-order valence-electron chi connectivity index (χ4n) is 1.45. The number of hydrogen-bond donors (Lipinski definition) is 0. The smallest absolute Gasteiger partial charge is 0.216 e. The second kappa shape index (κ2) is 5.46. The van der Waals surface area contributed by atoms with Crippen molar-refractivity contribution in [2.45, 2.75) is 13.3 Å². The predicted octanol–water partition coefficient (Wildman–Crippen LogP) is 2.93. The molecule has 0 fully saturated rings. The maximum atomic E-state index is 12.1. The van der Waals surface area contributed by atoms with Gasteiger partial charge in [0.15, 0.2) is 5.78 Å². The van der Waals surface area contributed by atoms with Gasteiger partial charge in [0.1, 0.15) is 6.33 Å². The van der Waals surface area contributed by atoms with E-state index in [1.807, 2.05) is 12.3 Å². The van der Waals surface area contributed by atoms with E-state index in [1.54, 1.807) is 6.07 Å². The molecule has 0 aliphatic rings. The van der Waals surface area contributed by atoms with E-state index in [1.165, 1.54) is 24.8 Å². The summed E-state index contributed by atoms with van der Waals surface area (Å²) in [4.78, 5) is 20.6. The molecular formula is C12H11ClN2O2S. The zero-order valence-corrected chi connectivity index (χ0v) is 11.5. The van der Waals surface area contributed by atoms with Crippen molar-refractivity contribution >= 4 is 28.7 Å². The van der Waals surface area contributed by atoms with Gasteiger partial charge in [0.25, 0.3) is 0 Å². The predicted molar refractivity (Wildman–Crippen MR) is 70.7 cm³/mol. The molecule has 2 aromatic rings. The first-order valence-electron chi connectivity index (χ1n) is 5.23. The van der Waals surface area contributed by atoms with Crippen LogP contribution in [0, 0.1) is 6.92 Å². The fourth-order valence-corrected chi connectivity index (χ4v) is 2.69. The van der Waals surface area contributed by atoms with Crippen LogP contribution in [0.3, 0.4) is 0 Å². The molecule has 0 saturated heterocycles. The second-order valence-electron chi connectivity index (χ2n) is 3.71. The van der Waals surface area contributed by atoms with Crippen molar-refractivity contribution in [1.29, 1.82) is 0 Å². The van der Waals surface area contributed by atoms with Crippen LogP contribution in [0.2, 0.25) is 5.02 Å². The van der Waals surface area contributed by atoms with Crippen molar-refractivity contribution in [3.8, 4) is 5.88 Å². The Balaban J connectivity index is 2.18. The van der Waals surface area contributed by atoms with Gasteiger partial charge in [0.05, 0.1) is 29.1 Å². The van der Waals surface area contributed by atoms with E-state index < -0.39 is 0 Å². The van der Waals surface area contributed by atoms with Crippen LogP contribution in [0.5, 0.6) is 5.88 Å². The van der Waals surface area contributed by atoms with Crippen LogP contribution in [0.25, 0.3) is 0 Å². The molecule has 2 rings (SSSR count). The molecule has 0 unspecified atom stereocenters. The van der Waals surface area contributed by atoms with E-state index in [4.69, 9.17) is 16.3 Å². The molecule has 0 amide bonds. The number of aromatic nitrogens is 2. The number of rotatable bonds is 4. The van der Waals surface area contributed by atoms with Crippen LogP contribution in [0.15, 0.2) is 17.8 Å². The van der Waals surface area contributed by atoms with Crippen LogP contribution < -0.4 is 4.74 Å². The molecule has 0 spiro atoms. The molecule has 4 nitrogen and oxygen atoms in total. The summed E-state index contributed by atoms with van der Waals surface area (Å²) in [5, 5.41) is 2.40. The Morgan fingerprint density at radius 1 is 1.50 bits per heavy atom. The van der Waals surface area contributed by atoms with Crippen molar-refractivity contribution in [2.75, 3.05) is 7.11 Å². The highest BCUT2D eigenvalue weighted by Crippen LogP contribution is 2.28. The molecule has 0 radical (unpaired) electrons. The van der Waals surface area contributed by atoms with Gasteiger partial charge >= 0.3 is 0 Å². The van der Waals surface area contributed by atoms with E-state index in [-0.39, 0.29) is 12.2 Å². The molecule has 0 N–H and O–H groups in total. The first-order valence-corrected chi connectivity index (χ1v) is 6.49. The van der Waals surface area contributed by atoms with Gasteiger partial charge in [-0.2, -0.15) is 0 Å².